The fraction of sp³-hybridized carbons (Fsp3) is 0.545. The first kappa shape index (κ1) is 17.7. The van der Waals surface area contributed by atoms with Gasteiger partial charge in [0.2, 0.25) is 5.88 Å². The molecule has 1 rings (SSSR count). The monoisotopic (exact) mass is 339 g/mol. The average Bonchev–Trinajstić information content (AvgIpc) is 2.29. The van der Waals surface area contributed by atoms with Crippen LogP contribution >= 0.6 is 0 Å². The molecule has 120 valence electrons. The summed E-state index contributed by atoms with van der Waals surface area (Å²) in [4.78, 5) is 11.7. The molecule has 2 N–H and O–H groups in total. The number of pyridine rings is 1. The van der Waals surface area contributed by atoms with Crippen molar-refractivity contribution in [1.82, 2.24) is 4.57 Å². The second-order valence-corrected chi connectivity index (χ2v) is 7.92. The summed E-state index contributed by atoms with van der Waals surface area (Å²) in [6.07, 6.45) is 0.865. The van der Waals surface area contributed by atoms with Crippen molar-refractivity contribution < 1.29 is 26.5 Å². The minimum atomic E-state index is -4.52. The molecule has 8 nitrogen and oxygen atoms in total. The normalized spacial score (nSPS) is 12.6. The van der Waals surface area contributed by atoms with Crippen LogP contribution in [0.25, 0.3) is 0 Å². The molecule has 0 aliphatic carbocycles. The molecule has 0 saturated carbocycles. The van der Waals surface area contributed by atoms with E-state index in [1.807, 2.05) is 0 Å². The fourth-order valence-corrected chi connectivity index (χ4v) is 3.99. The van der Waals surface area contributed by atoms with Crippen LogP contribution in [0.2, 0.25) is 0 Å². The van der Waals surface area contributed by atoms with Crippen LogP contribution in [0.4, 0.5) is 0 Å². The van der Waals surface area contributed by atoms with Gasteiger partial charge in [0.1, 0.15) is 10.6 Å². The Balaban J connectivity index is 4.01. The molecule has 0 aromatic carbocycles. The molecule has 21 heavy (non-hydrogen) atoms. The summed E-state index contributed by atoms with van der Waals surface area (Å²) in [5.41, 5.74) is -1.28. The smallest absolute Gasteiger partial charge is 0.269 e. The van der Waals surface area contributed by atoms with Gasteiger partial charge in [0, 0.05) is 18.4 Å². The summed E-state index contributed by atoms with van der Waals surface area (Å²) in [6.45, 7) is 2.97. The van der Waals surface area contributed by atoms with E-state index in [4.69, 9.17) is 4.55 Å². The van der Waals surface area contributed by atoms with E-state index < -0.39 is 42.0 Å². The lowest BCUT2D eigenvalue weighted by molar-refractivity contribution is 0.391. The molecule has 0 aliphatic heterocycles. The minimum Gasteiger partial charge on any atom is -0.493 e. The summed E-state index contributed by atoms with van der Waals surface area (Å²) in [6, 6.07) is 0. The molecule has 0 amide bonds. The van der Waals surface area contributed by atoms with Crippen LogP contribution < -0.4 is 5.56 Å². The van der Waals surface area contributed by atoms with Gasteiger partial charge in [-0.3, -0.25) is 13.9 Å². The SMILES string of the molecule is CCc1c(S(C)(=O)=O)c(O)n(CC)c(=O)c1CS(=O)(=O)O. The van der Waals surface area contributed by atoms with Crippen molar-refractivity contribution in [3.8, 4) is 5.88 Å². The molecular weight excluding hydrogens is 322 g/mol. The van der Waals surface area contributed by atoms with Gasteiger partial charge < -0.3 is 5.11 Å². The van der Waals surface area contributed by atoms with E-state index in [1.54, 1.807) is 0 Å². The second kappa shape index (κ2) is 5.78. The van der Waals surface area contributed by atoms with Gasteiger partial charge in [-0.2, -0.15) is 8.42 Å². The van der Waals surface area contributed by atoms with E-state index in [-0.39, 0.29) is 24.1 Å². The summed E-state index contributed by atoms with van der Waals surface area (Å²) in [7, 11) is -8.41. The molecule has 1 heterocycles. The van der Waals surface area contributed by atoms with E-state index in [0.29, 0.717) is 0 Å². The molecule has 1 aromatic rings. The van der Waals surface area contributed by atoms with Gasteiger partial charge in [-0.25, -0.2) is 8.42 Å². The van der Waals surface area contributed by atoms with Crippen LogP contribution in [0.15, 0.2) is 9.69 Å². The quantitative estimate of drug-likeness (QED) is 0.718. The third kappa shape index (κ3) is 3.63. The molecule has 1 aromatic heterocycles. The van der Waals surface area contributed by atoms with Crippen molar-refractivity contribution in [2.24, 2.45) is 0 Å². The molecule has 0 atom stereocenters. The molecule has 10 heteroatoms. The highest BCUT2D eigenvalue weighted by molar-refractivity contribution is 7.90. The lowest BCUT2D eigenvalue weighted by Crippen LogP contribution is -2.29. The highest BCUT2D eigenvalue weighted by atomic mass is 32.2. The number of nitrogens with zero attached hydrogens (tertiary/aromatic N) is 1. The molecule has 0 saturated heterocycles. The maximum atomic E-state index is 12.2. The van der Waals surface area contributed by atoms with E-state index in [9.17, 15) is 26.7 Å². The number of aromatic hydroxyl groups is 1. The largest absolute Gasteiger partial charge is 0.493 e. The molecule has 0 spiro atoms. The number of sulfone groups is 1. The maximum Gasteiger partial charge on any atom is 0.269 e. The molecule has 0 bridgehead atoms. The van der Waals surface area contributed by atoms with Crippen molar-refractivity contribution in [2.75, 3.05) is 6.26 Å². The zero-order valence-corrected chi connectivity index (χ0v) is 13.5. The van der Waals surface area contributed by atoms with Gasteiger partial charge in [0.05, 0.1) is 0 Å². The lowest BCUT2D eigenvalue weighted by Gasteiger charge is -2.17. The second-order valence-electron chi connectivity index (χ2n) is 4.51. The van der Waals surface area contributed by atoms with Gasteiger partial charge >= 0.3 is 0 Å². The van der Waals surface area contributed by atoms with Gasteiger partial charge in [-0.05, 0) is 18.9 Å². The summed E-state index contributed by atoms with van der Waals surface area (Å²) in [5, 5.41) is 10.0. The van der Waals surface area contributed by atoms with Crippen molar-refractivity contribution >= 4 is 20.0 Å². The number of hydrogen-bond donors (Lipinski definition) is 2. The average molecular weight is 339 g/mol. The lowest BCUT2D eigenvalue weighted by atomic mass is 10.1. The highest BCUT2D eigenvalue weighted by Gasteiger charge is 2.28. The number of rotatable bonds is 5. The number of aromatic nitrogens is 1. The fourth-order valence-electron chi connectivity index (χ4n) is 2.17. The summed E-state index contributed by atoms with van der Waals surface area (Å²) < 4.78 is 55.5. The first-order valence-corrected chi connectivity index (χ1v) is 9.56. The van der Waals surface area contributed by atoms with Gasteiger partial charge in [0.25, 0.3) is 15.7 Å². The van der Waals surface area contributed by atoms with Crippen LogP contribution in [0.3, 0.4) is 0 Å². The van der Waals surface area contributed by atoms with E-state index in [2.05, 4.69) is 0 Å². The number of hydrogen-bond acceptors (Lipinski definition) is 6. The highest BCUT2D eigenvalue weighted by Crippen LogP contribution is 2.28. The van der Waals surface area contributed by atoms with Crippen molar-refractivity contribution in [3.05, 3.63) is 21.5 Å². The Morgan fingerprint density at radius 3 is 1.95 bits per heavy atom. The third-order valence-corrected chi connectivity index (χ3v) is 4.79. The predicted molar refractivity (Wildman–Crippen MR) is 75.8 cm³/mol. The summed E-state index contributed by atoms with van der Waals surface area (Å²) in [5.74, 6) is -1.72. The Kier molecular flexibility index (Phi) is 4.86. The van der Waals surface area contributed by atoms with Crippen LogP contribution in [0.1, 0.15) is 25.0 Å². The predicted octanol–water partition coefficient (Wildman–Crippen LogP) is -0.0725. The van der Waals surface area contributed by atoms with E-state index >= 15 is 0 Å². The first-order chi connectivity index (χ1) is 9.44. The Morgan fingerprint density at radius 1 is 1.10 bits per heavy atom. The van der Waals surface area contributed by atoms with Gasteiger partial charge in [-0.1, -0.05) is 6.92 Å². The zero-order chi connectivity index (χ0) is 16.6. The van der Waals surface area contributed by atoms with Crippen LogP contribution in [0.5, 0.6) is 5.88 Å². The van der Waals surface area contributed by atoms with E-state index in [0.717, 1.165) is 10.8 Å². The van der Waals surface area contributed by atoms with Crippen molar-refractivity contribution in [3.63, 3.8) is 0 Å². The van der Waals surface area contributed by atoms with E-state index in [1.165, 1.54) is 13.8 Å². The molecule has 0 aliphatic rings. The molecular formula is C11H17NO7S2. The van der Waals surface area contributed by atoms with Crippen LogP contribution in [-0.4, -0.2) is 37.3 Å². The Labute approximate surface area is 122 Å². The Bertz CT molecular complexity index is 819. The third-order valence-electron chi connectivity index (χ3n) is 2.97. The Hall–Kier alpha value is -1.39. The maximum absolute atomic E-state index is 12.2. The van der Waals surface area contributed by atoms with Gasteiger partial charge in [-0.15, -0.1) is 0 Å². The van der Waals surface area contributed by atoms with Crippen molar-refractivity contribution in [2.45, 2.75) is 37.5 Å². The molecule has 0 fully saturated rings. The molecule has 0 unspecified atom stereocenters. The topological polar surface area (TPSA) is 131 Å². The minimum absolute atomic E-state index is 0.0145. The van der Waals surface area contributed by atoms with Gasteiger partial charge in [0.15, 0.2) is 9.84 Å². The first-order valence-electron chi connectivity index (χ1n) is 6.06. The van der Waals surface area contributed by atoms with Crippen LogP contribution in [-0.2, 0) is 38.7 Å². The summed E-state index contributed by atoms with van der Waals surface area (Å²) >= 11 is 0. The Morgan fingerprint density at radius 2 is 1.62 bits per heavy atom. The zero-order valence-electron chi connectivity index (χ0n) is 11.8. The molecule has 0 radical (unpaired) electrons. The standard InChI is InChI=1S/C11H17NO7S2/c1-4-7-8(6-21(17,18)19)10(13)12(5-2)11(14)9(7)20(3,15)16/h14H,4-6H2,1-3H3,(H,17,18,19). The van der Waals surface area contributed by atoms with Crippen LogP contribution in [0, 0.1) is 0 Å². The van der Waals surface area contributed by atoms with Crippen molar-refractivity contribution in [1.29, 1.82) is 0 Å².